The van der Waals surface area contributed by atoms with Gasteiger partial charge in [-0.1, -0.05) is 47.5 Å². The lowest BCUT2D eigenvalue weighted by atomic mass is 10.0. The van der Waals surface area contributed by atoms with Gasteiger partial charge in [0.05, 0.1) is 19.5 Å². The summed E-state index contributed by atoms with van der Waals surface area (Å²) in [5.74, 6) is 0.738. The molecule has 3 heterocycles. The molecule has 2 aliphatic rings. The van der Waals surface area contributed by atoms with Crippen LogP contribution in [0.5, 0.6) is 5.75 Å². The third kappa shape index (κ3) is 7.38. The summed E-state index contributed by atoms with van der Waals surface area (Å²) in [6.45, 7) is 6.93. The highest BCUT2D eigenvalue weighted by Gasteiger charge is 2.36. The van der Waals surface area contributed by atoms with E-state index < -0.39 is 12.4 Å². The zero-order chi connectivity index (χ0) is 28.7. The number of para-hydroxylation sites is 1. The van der Waals surface area contributed by atoms with E-state index in [0.717, 1.165) is 50.6 Å². The average Bonchev–Trinajstić information content (AvgIpc) is 3.70. The van der Waals surface area contributed by atoms with Crippen molar-refractivity contribution < 1.29 is 14.2 Å². The normalized spacial score (nSPS) is 20.0. The molecule has 6 rings (SSSR count). The molecule has 0 spiro atoms. The predicted molar refractivity (Wildman–Crippen MR) is 167 cm³/mol. The number of nitrogens with one attached hydrogen (secondary N) is 1. The van der Waals surface area contributed by atoms with Crippen molar-refractivity contribution in [3.05, 3.63) is 107 Å². The van der Waals surface area contributed by atoms with Crippen molar-refractivity contribution in [2.24, 2.45) is 0 Å². The van der Waals surface area contributed by atoms with E-state index in [9.17, 15) is 0 Å². The number of nitrogens with zero attached hydrogens (tertiary/aromatic N) is 4. The Labute approximate surface area is 256 Å². The molecule has 2 aliphatic heterocycles. The fourth-order valence-electron chi connectivity index (χ4n) is 5.40. The molecule has 2 fully saturated rings. The van der Waals surface area contributed by atoms with Gasteiger partial charge in [0.25, 0.3) is 0 Å². The lowest BCUT2D eigenvalue weighted by Gasteiger charge is -2.36. The monoisotopic (exact) mass is 607 g/mol. The van der Waals surface area contributed by atoms with Crippen LogP contribution in [0.1, 0.15) is 11.7 Å². The molecular formula is C32H35Cl2N5O3. The maximum absolute atomic E-state index is 6.63. The summed E-state index contributed by atoms with van der Waals surface area (Å²) >= 11 is 12.8. The highest BCUT2D eigenvalue weighted by molar-refractivity contribution is 6.35. The molecule has 0 radical (unpaired) electrons. The minimum absolute atomic E-state index is 0.346. The Balaban J connectivity index is 1.06. The lowest BCUT2D eigenvalue weighted by molar-refractivity contribution is -0.0851. The Bertz CT molecular complexity index is 1400. The molecule has 1 N–H and O–H groups in total. The smallest absolute Gasteiger partial charge is 0.176 e. The van der Waals surface area contributed by atoms with Crippen molar-refractivity contribution in [3.63, 3.8) is 0 Å². The highest BCUT2D eigenvalue weighted by atomic mass is 35.5. The molecule has 4 aromatic rings. The molecule has 1 unspecified atom stereocenters. The fourth-order valence-corrected chi connectivity index (χ4v) is 5.91. The molecule has 42 heavy (non-hydrogen) atoms. The Morgan fingerprint density at radius 1 is 0.976 bits per heavy atom. The van der Waals surface area contributed by atoms with Crippen LogP contribution in [-0.4, -0.2) is 72.7 Å². The van der Waals surface area contributed by atoms with Crippen LogP contribution in [0.4, 0.5) is 11.4 Å². The largest absolute Gasteiger partial charge is 0.483 e. The molecule has 3 atom stereocenters. The summed E-state index contributed by atoms with van der Waals surface area (Å²) in [7, 11) is 0. The van der Waals surface area contributed by atoms with Gasteiger partial charge in [0.2, 0.25) is 0 Å². The van der Waals surface area contributed by atoms with E-state index in [0.29, 0.717) is 23.2 Å². The van der Waals surface area contributed by atoms with Crippen LogP contribution in [0.15, 0.2) is 91.5 Å². The zero-order valence-electron chi connectivity index (χ0n) is 23.3. The third-order valence-electron chi connectivity index (χ3n) is 7.67. The molecule has 8 nitrogen and oxygen atoms in total. The standard InChI is InChI=1S/C32H35Cl2N5O3/c33-24-6-11-28(29(34)20-24)32(30-22-40-31(42-30)21-38-14-12-35-23-38)41-27-9-7-26(8-10-27)39-18-16-37(17-19-39)15-13-36-25-4-2-1-3-5-25/h1-12,14,20,23,30-32,36H,13,15-19,21-22H2/t30-,31-,32?/m1/s1. The molecule has 3 aromatic carbocycles. The van der Waals surface area contributed by atoms with Gasteiger partial charge in [-0.3, -0.25) is 4.90 Å². The topological polar surface area (TPSA) is 64.0 Å². The summed E-state index contributed by atoms with van der Waals surface area (Å²) in [4.78, 5) is 9.03. The number of hydrogen-bond acceptors (Lipinski definition) is 7. The molecule has 0 saturated carbocycles. The molecule has 0 bridgehead atoms. The van der Waals surface area contributed by atoms with E-state index in [-0.39, 0.29) is 6.10 Å². The van der Waals surface area contributed by atoms with Crippen molar-refractivity contribution in [2.75, 3.05) is 56.1 Å². The lowest BCUT2D eigenvalue weighted by Crippen LogP contribution is -2.47. The van der Waals surface area contributed by atoms with E-state index in [2.05, 4.69) is 56.5 Å². The van der Waals surface area contributed by atoms with Crippen molar-refractivity contribution >= 4 is 34.6 Å². The first-order valence-electron chi connectivity index (χ1n) is 14.3. The Morgan fingerprint density at radius 2 is 1.79 bits per heavy atom. The van der Waals surface area contributed by atoms with E-state index in [1.807, 2.05) is 41.1 Å². The van der Waals surface area contributed by atoms with Crippen LogP contribution in [0.3, 0.4) is 0 Å². The van der Waals surface area contributed by atoms with Gasteiger partial charge in [-0.25, -0.2) is 4.98 Å². The first-order valence-corrected chi connectivity index (χ1v) is 15.1. The van der Waals surface area contributed by atoms with Gasteiger partial charge >= 0.3 is 0 Å². The summed E-state index contributed by atoms with van der Waals surface area (Å²) in [6, 6.07) is 24.1. The highest BCUT2D eigenvalue weighted by Crippen LogP contribution is 2.36. The van der Waals surface area contributed by atoms with Crippen molar-refractivity contribution in [3.8, 4) is 5.75 Å². The fraction of sp³-hybridized carbons (Fsp3) is 0.344. The Kier molecular flexibility index (Phi) is 9.47. The quantitative estimate of drug-likeness (QED) is 0.225. The Morgan fingerprint density at radius 3 is 2.52 bits per heavy atom. The number of imidazole rings is 1. The SMILES string of the molecule is Clc1ccc(C(Oc2ccc(N3CCN(CCNc4ccccc4)CC3)cc2)[C@H]2CO[C@@H](Cn3ccnc3)O2)c(Cl)c1. The first kappa shape index (κ1) is 28.8. The van der Waals surface area contributed by atoms with Crippen LogP contribution in [0, 0.1) is 0 Å². The van der Waals surface area contributed by atoms with Gasteiger partial charge in [0, 0.05) is 78.6 Å². The van der Waals surface area contributed by atoms with E-state index >= 15 is 0 Å². The number of piperazine rings is 1. The van der Waals surface area contributed by atoms with Crippen LogP contribution in [-0.2, 0) is 16.0 Å². The van der Waals surface area contributed by atoms with Crippen molar-refractivity contribution in [2.45, 2.75) is 25.0 Å². The van der Waals surface area contributed by atoms with E-state index in [1.54, 1.807) is 18.6 Å². The number of hydrogen-bond donors (Lipinski definition) is 1. The second kappa shape index (κ2) is 13.8. The van der Waals surface area contributed by atoms with Crippen molar-refractivity contribution in [1.29, 1.82) is 0 Å². The number of halogens is 2. The minimum atomic E-state index is -0.471. The minimum Gasteiger partial charge on any atom is -0.483 e. The van der Waals surface area contributed by atoms with Gasteiger partial charge in [0.15, 0.2) is 12.4 Å². The molecule has 220 valence electrons. The summed E-state index contributed by atoms with van der Waals surface area (Å²) in [5, 5.41) is 4.60. The number of anilines is 2. The third-order valence-corrected chi connectivity index (χ3v) is 8.23. The van der Waals surface area contributed by atoms with Gasteiger partial charge in [-0.05, 0) is 48.5 Å². The summed E-state index contributed by atoms with van der Waals surface area (Å²) in [6.07, 6.45) is 4.14. The summed E-state index contributed by atoms with van der Waals surface area (Å²) in [5.41, 5.74) is 3.16. The van der Waals surface area contributed by atoms with Gasteiger partial charge < -0.3 is 29.0 Å². The second-order valence-electron chi connectivity index (χ2n) is 10.5. The average molecular weight is 609 g/mol. The molecular weight excluding hydrogens is 573 g/mol. The van der Waals surface area contributed by atoms with Crippen LogP contribution >= 0.6 is 23.2 Å². The van der Waals surface area contributed by atoms with Crippen LogP contribution in [0.2, 0.25) is 10.0 Å². The van der Waals surface area contributed by atoms with Crippen LogP contribution in [0.25, 0.3) is 0 Å². The number of rotatable bonds is 11. The van der Waals surface area contributed by atoms with Gasteiger partial charge in [0.1, 0.15) is 11.9 Å². The van der Waals surface area contributed by atoms with Gasteiger partial charge in [-0.2, -0.15) is 0 Å². The van der Waals surface area contributed by atoms with E-state index in [1.165, 1.54) is 11.4 Å². The zero-order valence-corrected chi connectivity index (χ0v) is 24.8. The second-order valence-corrected chi connectivity index (χ2v) is 11.4. The predicted octanol–water partition coefficient (Wildman–Crippen LogP) is 5.99. The Hall–Kier alpha value is -3.27. The number of benzene rings is 3. The van der Waals surface area contributed by atoms with Gasteiger partial charge in [-0.15, -0.1) is 0 Å². The molecule has 0 amide bonds. The molecule has 0 aliphatic carbocycles. The number of aromatic nitrogens is 2. The molecule has 10 heteroatoms. The maximum atomic E-state index is 6.63. The first-order chi connectivity index (χ1) is 20.6. The maximum Gasteiger partial charge on any atom is 0.176 e. The van der Waals surface area contributed by atoms with E-state index in [4.69, 9.17) is 37.4 Å². The summed E-state index contributed by atoms with van der Waals surface area (Å²) < 4.78 is 20.7. The number of ether oxygens (including phenoxy) is 3. The molecule has 1 aromatic heterocycles. The van der Waals surface area contributed by atoms with Crippen molar-refractivity contribution in [1.82, 2.24) is 14.5 Å². The van der Waals surface area contributed by atoms with Crippen LogP contribution < -0.4 is 15.0 Å². The molecule has 2 saturated heterocycles.